The van der Waals surface area contributed by atoms with Gasteiger partial charge in [-0.05, 0) is 17.7 Å². The van der Waals surface area contributed by atoms with E-state index in [1.54, 1.807) is 23.2 Å². The van der Waals surface area contributed by atoms with E-state index < -0.39 is 0 Å². The zero-order valence-electron chi connectivity index (χ0n) is 14.9. The van der Waals surface area contributed by atoms with Crippen molar-refractivity contribution in [3.8, 4) is 0 Å². The topological polar surface area (TPSA) is 91.4 Å². The number of nitrogens with zero attached hydrogens (tertiary/aromatic N) is 2. The second-order valence-electron chi connectivity index (χ2n) is 6.43. The number of rotatable bonds is 7. The molecule has 0 bridgehead atoms. The first-order chi connectivity index (χ1) is 13.1. The first-order valence-electron chi connectivity index (χ1n) is 8.91. The molecule has 1 aromatic carbocycles. The molecular weight excluding hydrogens is 344 g/mol. The Labute approximate surface area is 157 Å². The number of amides is 3. The number of carbonyl (C=O) groups excluding carboxylic acids is 3. The fraction of sp³-hybridized carbons (Fsp3) is 0.300. The van der Waals surface area contributed by atoms with Crippen molar-refractivity contribution in [3.05, 3.63) is 66.0 Å². The molecule has 1 atom stereocenters. The summed E-state index contributed by atoms with van der Waals surface area (Å²) >= 11 is 0. The summed E-state index contributed by atoms with van der Waals surface area (Å²) in [6.45, 7) is 1.20. The fourth-order valence-corrected chi connectivity index (χ4v) is 3.08. The molecule has 3 rings (SSSR count). The van der Waals surface area contributed by atoms with Crippen molar-refractivity contribution in [3.63, 3.8) is 0 Å². The van der Waals surface area contributed by atoms with Crippen LogP contribution in [0.3, 0.4) is 0 Å². The number of likely N-dealkylation sites (tertiary alicyclic amines) is 1. The highest BCUT2D eigenvalue weighted by Crippen LogP contribution is 2.27. The van der Waals surface area contributed by atoms with Gasteiger partial charge < -0.3 is 15.5 Å². The van der Waals surface area contributed by atoms with Crippen molar-refractivity contribution in [2.45, 2.75) is 12.3 Å². The molecule has 0 spiro atoms. The van der Waals surface area contributed by atoms with Gasteiger partial charge in [0.25, 0.3) is 5.91 Å². The lowest BCUT2D eigenvalue weighted by Gasteiger charge is -2.16. The van der Waals surface area contributed by atoms with Gasteiger partial charge in [-0.25, -0.2) is 0 Å². The van der Waals surface area contributed by atoms with Crippen LogP contribution in [0.25, 0.3) is 0 Å². The highest BCUT2D eigenvalue weighted by Gasteiger charge is 2.31. The Morgan fingerprint density at radius 3 is 2.59 bits per heavy atom. The molecule has 3 amide bonds. The number of carbonyl (C=O) groups is 3. The summed E-state index contributed by atoms with van der Waals surface area (Å²) in [6, 6.07) is 13.2. The van der Waals surface area contributed by atoms with Gasteiger partial charge in [0, 0.05) is 44.4 Å². The van der Waals surface area contributed by atoms with E-state index in [0.717, 1.165) is 5.56 Å². The summed E-state index contributed by atoms with van der Waals surface area (Å²) in [5.41, 5.74) is 1.59. The SMILES string of the molecule is O=C(CN1C[C@H](c2ccccc2)CC1=O)NCCNC(=O)c1cccnc1. The molecule has 1 aliphatic rings. The van der Waals surface area contributed by atoms with E-state index in [4.69, 9.17) is 0 Å². The maximum Gasteiger partial charge on any atom is 0.252 e. The Morgan fingerprint density at radius 1 is 1.07 bits per heavy atom. The number of nitrogens with one attached hydrogen (secondary N) is 2. The van der Waals surface area contributed by atoms with Crippen molar-refractivity contribution in [1.29, 1.82) is 0 Å². The van der Waals surface area contributed by atoms with Gasteiger partial charge in [-0.15, -0.1) is 0 Å². The van der Waals surface area contributed by atoms with Crippen LogP contribution in [-0.4, -0.2) is 53.8 Å². The molecule has 0 aliphatic carbocycles. The maximum atomic E-state index is 12.2. The molecule has 1 fully saturated rings. The van der Waals surface area contributed by atoms with Crippen LogP contribution in [0.15, 0.2) is 54.9 Å². The first-order valence-corrected chi connectivity index (χ1v) is 8.91. The number of aromatic nitrogens is 1. The van der Waals surface area contributed by atoms with Crippen LogP contribution < -0.4 is 10.6 Å². The summed E-state index contributed by atoms with van der Waals surface area (Å²) in [4.78, 5) is 41.6. The van der Waals surface area contributed by atoms with E-state index in [9.17, 15) is 14.4 Å². The predicted octanol–water partition coefficient (Wildman–Crippen LogP) is 0.944. The lowest BCUT2D eigenvalue weighted by Crippen LogP contribution is -2.41. The smallest absolute Gasteiger partial charge is 0.252 e. The Hall–Kier alpha value is -3.22. The molecule has 1 aliphatic heterocycles. The van der Waals surface area contributed by atoms with E-state index in [1.165, 1.54) is 6.20 Å². The zero-order chi connectivity index (χ0) is 19.1. The van der Waals surface area contributed by atoms with Crippen LogP contribution in [0.5, 0.6) is 0 Å². The molecule has 0 saturated carbocycles. The standard InChI is InChI=1S/C20H22N4O3/c25-18(22-9-10-23-20(27)16-7-4-8-21-12-16)14-24-13-17(11-19(24)26)15-5-2-1-3-6-15/h1-8,12,17H,9-11,13-14H2,(H,22,25)(H,23,27)/t17-/m1/s1. The van der Waals surface area contributed by atoms with E-state index >= 15 is 0 Å². The molecule has 27 heavy (non-hydrogen) atoms. The number of hydrogen-bond donors (Lipinski definition) is 2. The Balaban J connectivity index is 1.38. The Bertz CT molecular complexity index is 795. The third-order valence-electron chi connectivity index (χ3n) is 4.48. The molecule has 2 aromatic rings. The average molecular weight is 366 g/mol. The monoisotopic (exact) mass is 366 g/mol. The molecule has 7 nitrogen and oxygen atoms in total. The van der Waals surface area contributed by atoms with E-state index in [2.05, 4.69) is 15.6 Å². The molecule has 2 heterocycles. The Kier molecular flexibility index (Phi) is 6.14. The molecule has 140 valence electrons. The van der Waals surface area contributed by atoms with Gasteiger partial charge in [-0.1, -0.05) is 30.3 Å². The van der Waals surface area contributed by atoms with E-state index in [1.807, 2.05) is 30.3 Å². The third-order valence-corrected chi connectivity index (χ3v) is 4.48. The quantitative estimate of drug-likeness (QED) is 0.714. The van der Waals surface area contributed by atoms with Crippen LogP contribution in [0, 0.1) is 0 Å². The normalized spacial score (nSPS) is 16.2. The number of benzene rings is 1. The molecular formula is C20H22N4O3. The largest absolute Gasteiger partial charge is 0.353 e. The average Bonchev–Trinajstić information content (AvgIpc) is 3.07. The summed E-state index contributed by atoms with van der Waals surface area (Å²) in [6.07, 6.45) is 3.51. The minimum absolute atomic E-state index is 0.0103. The molecule has 0 radical (unpaired) electrons. The highest BCUT2D eigenvalue weighted by atomic mass is 16.2. The van der Waals surface area contributed by atoms with Gasteiger partial charge in [0.15, 0.2) is 0 Å². The van der Waals surface area contributed by atoms with Crippen molar-refractivity contribution in [2.24, 2.45) is 0 Å². The Morgan fingerprint density at radius 2 is 1.85 bits per heavy atom. The van der Waals surface area contributed by atoms with Gasteiger partial charge >= 0.3 is 0 Å². The van der Waals surface area contributed by atoms with Gasteiger partial charge in [-0.2, -0.15) is 0 Å². The van der Waals surface area contributed by atoms with Crippen LogP contribution in [0.1, 0.15) is 28.3 Å². The lowest BCUT2D eigenvalue weighted by atomic mass is 9.99. The molecule has 1 saturated heterocycles. The molecule has 2 N–H and O–H groups in total. The van der Waals surface area contributed by atoms with Crippen molar-refractivity contribution in [2.75, 3.05) is 26.2 Å². The summed E-state index contributed by atoms with van der Waals surface area (Å²) in [5, 5.41) is 5.44. The van der Waals surface area contributed by atoms with Crippen LogP contribution in [0.2, 0.25) is 0 Å². The van der Waals surface area contributed by atoms with Crippen molar-refractivity contribution >= 4 is 17.7 Å². The van der Waals surface area contributed by atoms with Crippen LogP contribution >= 0.6 is 0 Å². The number of hydrogen-bond acceptors (Lipinski definition) is 4. The molecule has 1 aromatic heterocycles. The summed E-state index contributed by atoms with van der Waals surface area (Å²) in [5.74, 6) is -0.348. The van der Waals surface area contributed by atoms with Crippen LogP contribution in [-0.2, 0) is 9.59 Å². The lowest BCUT2D eigenvalue weighted by molar-refractivity contribution is -0.133. The van der Waals surface area contributed by atoms with Crippen LogP contribution in [0.4, 0.5) is 0 Å². The second-order valence-corrected chi connectivity index (χ2v) is 6.43. The van der Waals surface area contributed by atoms with E-state index in [0.29, 0.717) is 31.6 Å². The fourth-order valence-electron chi connectivity index (χ4n) is 3.08. The maximum absolute atomic E-state index is 12.2. The third kappa shape index (κ3) is 5.13. The minimum atomic E-state index is -0.238. The summed E-state index contributed by atoms with van der Waals surface area (Å²) in [7, 11) is 0. The molecule has 0 unspecified atom stereocenters. The van der Waals surface area contributed by atoms with E-state index in [-0.39, 0.29) is 30.2 Å². The highest BCUT2D eigenvalue weighted by molar-refractivity contribution is 5.93. The van der Waals surface area contributed by atoms with Gasteiger partial charge in [0.2, 0.25) is 11.8 Å². The summed E-state index contributed by atoms with van der Waals surface area (Å²) < 4.78 is 0. The van der Waals surface area contributed by atoms with Gasteiger partial charge in [-0.3, -0.25) is 19.4 Å². The number of pyridine rings is 1. The second kappa shape index (κ2) is 8.93. The molecule has 7 heteroatoms. The minimum Gasteiger partial charge on any atom is -0.353 e. The zero-order valence-corrected chi connectivity index (χ0v) is 14.9. The van der Waals surface area contributed by atoms with Crippen molar-refractivity contribution in [1.82, 2.24) is 20.5 Å². The van der Waals surface area contributed by atoms with Gasteiger partial charge in [0.05, 0.1) is 12.1 Å². The first kappa shape index (κ1) is 18.6. The van der Waals surface area contributed by atoms with Gasteiger partial charge in [0.1, 0.15) is 0 Å². The predicted molar refractivity (Wildman–Crippen MR) is 100.0 cm³/mol. The van der Waals surface area contributed by atoms with Crippen molar-refractivity contribution < 1.29 is 14.4 Å².